The molecular weight excluding hydrogens is 325 g/mol. The summed E-state index contributed by atoms with van der Waals surface area (Å²) in [5.41, 5.74) is 0.133. The number of rotatable bonds is 4. The summed E-state index contributed by atoms with van der Waals surface area (Å²) in [5.74, 6) is -1.28. The molecule has 0 saturated carbocycles. The number of amides is 2. The highest BCUT2D eigenvalue weighted by Gasteiger charge is 2.40. The van der Waals surface area contributed by atoms with E-state index in [2.05, 4.69) is 4.90 Å². The van der Waals surface area contributed by atoms with Crippen LogP contribution in [-0.4, -0.2) is 79.1 Å². The van der Waals surface area contributed by atoms with Gasteiger partial charge in [-0.1, -0.05) is 0 Å². The van der Waals surface area contributed by atoms with E-state index >= 15 is 0 Å². The standard InChI is InChI=1S/C18H22FN3O3/c1-20(2)14-5-6-21(10-14)17(24)13-8-22(9-13)18(25)15-7-12(11-23)3-4-16(15)19/h3-4,7,11,13-14H,5-6,8-10H2,1-2H3/t14-/m1/s1. The third-order valence-electron chi connectivity index (χ3n) is 5.08. The van der Waals surface area contributed by atoms with Crippen LogP contribution in [0.1, 0.15) is 27.1 Å². The second-order valence-electron chi connectivity index (χ2n) is 6.95. The smallest absolute Gasteiger partial charge is 0.256 e. The Labute approximate surface area is 146 Å². The van der Waals surface area contributed by atoms with E-state index in [0.717, 1.165) is 19.0 Å². The molecule has 0 bridgehead atoms. The van der Waals surface area contributed by atoms with E-state index in [-0.39, 0.29) is 23.0 Å². The molecule has 0 N–H and O–H groups in total. The van der Waals surface area contributed by atoms with Crippen LogP contribution in [0.25, 0.3) is 0 Å². The predicted octanol–water partition coefficient (Wildman–Crippen LogP) is 0.873. The first kappa shape index (κ1) is 17.5. The van der Waals surface area contributed by atoms with Gasteiger partial charge in [0.15, 0.2) is 0 Å². The summed E-state index contributed by atoms with van der Waals surface area (Å²) in [4.78, 5) is 41.1. The SMILES string of the molecule is CN(C)[C@@H]1CCN(C(=O)C2CN(C(=O)c3cc(C=O)ccc3F)C2)C1. The highest BCUT2D eigenvalue weighted by Crippen LogP contribution is 2.24. The average Bonchev–Trinajstić information content (AvgIpc) is 3.04. The van der Waals surface area contributed by atoms with Crippen molar-refractivity contribution in [1.29, 1.82) is 0 Å². The number of nitrogens with zero attached hydrogens (tertiary/aromatic N) is 3. The summed E-state index contributed by atoms with van der Waals surface area (Å²) in [6.07, 6.45) is 1.53. The number of carbonyl (C=O) groups excluding carboxylic acids is 3. The molecule has 134 valence electrons. The van der Waals surface area contributed by atoms with Gasteiger partial charge in [-0.05, 0) is 38.7 Å². The Morgan fingerprint density at radius 2 is 1.92 bits per heavy atom. The zero-order chi connectivity index (χ0) is 18.1. The molecule has 2 heterocycles. The highest BCUT2D eigenvalue weighted by molar-refractivity contribution is 5.97. The van der Waals surface area contributed by atoms with E-state index in [1.807, 2.05) is 19.0 Å². The van der Waals surface area contributed by atoms with Gasteiger partial charge in [0.05, 0.1) is 11.5 Å². The van der Waals surface area contributed by atoms with E-state index in [0.29, 0.717) is 32.0 Å². The topological polar surface area (TPSA) is 60.9 Å². The molecule has 0 aromatic heterocycles. The minimum Gasteiger partial charge on any atom is -0.341 e. The molecule has 2 aliphatic rings. The van der Waals surface area contributed by atoms with Gasteiger partial charge in [0.25, 0.3) is 5.91 Å². The zero-order valence-corrected chi connectivity index (χ0v) is 14.4. The van der Waals surface area contributed by atoms with Crippen molar-refractivity contribution in [2.75, 3.05) is 40.3 Å². The minimum atomic E-state index is -0.654. The largest absolute Gasteiger partial charge is 0.341 e. The van der Waals surface area contributed by atoms with Crippen molar-refractivity contribution >= 4 is 18.1 Å². The van der Waals surface area contributed by atoms with Gasteiger partial charge >= 0.3 is 0 Å². The third-order valence-corrected chi connectivity index (χ3v) is 5.08. The van der Waals surface area contributed by atoms with Gasteiger partial charge in [-0.25, -0.2) is 4.39 Å². The molecule has 0 unspecified atom stereocenters. The molecule has 2 amide bonds. The number of aldehydes is 1. The Hall–Kier alpha value is -2.28. The molecule has 1 aromatic carbocycles. The van der Waals surface area contributed by atoms with Crippen LogP contribution in [0.15, 0.2) is 18.2 Å². The fourth-order valence-electron chi connectivity index (χ4n) is 3.37. The van der Waals surface area contributed by atoms with E-state index in [1.54, 1.807) is 0 Å². The van der Waals surface area contributed by atoms with Crippen molar-refractivity contribution in [3.8, 4) is 0 Å². The van der Waals surface area contributed by atoms with Crippen LogP contribution in [0.3, 0.4) is 0 Å². The van der Waals surface area contributed by atoms with Crippen LogP contribution in [0, 0.1) is 11.7 Å². The minimum absolute atomic E-state index is 0.0653. The normalized spacial score (nSPS) is 20.7. The summed E-state index contributed by atoms with van der Waals surface area (Å²) in [6.45, 7) is 2.05. The lowest BCUT2D eigenvalue weighted by Gasteiger charge is -2.40. The number of benzene rings is 1. The summed E-state index contributed by atoms with van der Waals surface area (Å²) in [5, 5.41) is 0. The van der Waals surface area contributed by atoms with Gasteiger partial charge in [0.2, 0.25) is 5.91 Å². The molecule has 1 atom stereocenters. The molecule has 2 aliphatic heterocycles. The van der Waals surface area contributed by atoms with Crippen molar-refractivity contribution in [3.63, 3.8) is 0 Å². The molecule has 25 heavy (non-hydrogen) atoms. The van der Waals surface area contributed by atoms with Crippen molar-refractivity contribution in [2.24, 2.45) is 5.92 Å². The molecule has 7 heteroatoms. The summed E-state index contributed by atoms with van der Waals surface area (Å²) >= 11 is 0. The summed E-state index contributed by atoms with van der Waals surface area (Å²) in [6, 6.07) is 4.07. The fourth-order valence-corrected chi connectivity index (χ4v) is 3.37. The maximum Gasteiger partial charge on any atom is 0.256 e. The number of likely N-dealkylation sites (N-methyl/N-ethyl adjacent to an activating group) is 1. The Kier molecular flexibility index (Phi) is 4.85. The van der Waals surface area contributed by atoms with Gasteiger partial charge in [-0.3, -0.25) is 14.4 Å². The maximum atomic E-state index is 13.9. The fraction of sp³-hybridized carbons (Fsp3) is 0.500. The maximum absolute atomic E-state index is 13.9. The lowest BCUT2D eigenvalue weighted by molar-refractivity contribution is -0.138. The van der Waals surface area contributed by atoms with Crippen LogP contribution in [0.5, 0.6) is 0 Å². The number of halogens is 1. The molecular formula is C18H22FN3O3. The number of likely N-dealkylation sites (tertiary alicyclic amines) is 2. The van der Waals surface area contributed by atoms with Crippen LogP contribution in [0.4, 0.5) is 4.39 Å². The zero-order valence-electron chi connectivity index (χ0n) is 14.4. The summed E-state index contributed by atoms with van der Waals surface area (Å²) in [7, 11) is 4.01. The van der Waals surface area contributed by atoms with Gasteiger partial charge in [-0.15, -0.1) is 0 Å². The number of hydrogen-bond donors (Lipinski definition) is 0. The Bertz CT molecular complexity index is 701. The van der Waals surface area contributed by atoms with E-state index in [4.69, 9.17) is 0 Å². The highest BCUT2D eigenvalue weighted by atomic mass is 19.1. The predicted molar refractivity (Wildman–Crippen MR) is 89.9 cm³/mol. The van der Waals surface area contributed by atoms with Crippen LogP contribution >= 0.6 is 0 Å². The average molecular weight is 347 g/mol. The van der Waals surface area contributed by atoms with Gasteiger partial charge in [-0.2, -0.15) is 0 Å². The van der Waals surface area contributed by atoms with Crippen molar-refractivity contribution in [3.05, 3.63) is 35.1 Å². The lowest BCUT2D eigenvalue weighted by atomic mass is 9.96. The number of hydrogen-bond acceptors (Lipinski definition) is 4. The first-order valence-electron chi connectivity index (χ1n) is 8.40. The van der Waals surface area contributed by atoms with Crippen molar-refractivity contribution < 1.29 is 18.8 Å². The quantitative estimate of drug-likeness (QED) is 0.759. The molecule has 2 fully saturated rings. The molecule has 0 spiro atoms. The summed E-state index contributed by atoms with van der Waals surface area (Å²) < 4.78 is 13.9. The Morgan fingerprint density at radius 3 is 2.52 bits per heavy atom. The van der Waals surface area contributed by atoms with Crippen molar-refractivity contribution in [2.45, 2.75) is 12.5 Å². The first-order chi connectivity index (χ1) is 11.9. The van der Waals surface area contributed by atoms with Crippen LogP contribution in [-0.2, 0) is 4.79 Å². The second-order valence-corrected chi connectivity index (χ2v) is 6.95. The van der Waals surface area contributed by atoms with Gasteiger partial charge in [0.1, 0.15) is 12.1 Å². The molecule has 2 saturated heterocycles. The molecule has 0 aliphatic carbocycles. The second kappa shape index (κ2) is 6.92. The molecule has 1 aromatic rings. The lowest BCUT2D eigenvalue weighted by Crippen LogP contribution is -2.56. The van der Waals surface area contributed by atoms with Crippen LogP contribution in [0.2, 0.25) is 0 Å². The van der Waals surface area contributed by atoms with Crippen LogP contribution < -0.4 is 0 Å². The third kappa shape index (κ3) is 3.42. The van der Waals surface area contributed by atoms with Gasteiger partial charge in [0, 0.05) is 37.8 Å². The molecule has 6 nitrogen and oxygen atoms in total. The van der Waals surface area contributed by atoms with Crippen molar-refractivity contribution in [1.82, 2.24) is 14.7 Å². The van der Waals surface area contributed by atoms with Gasteiger partial charge < -0.3 is 14.7 Å². The van der Waals surface area contributed by atoms with E-state index in [9.17, 15) is 18.8 Å². The monoisotopic (exact) mass is 347 g/mol. The first-order valence-corrected chi connectivity index (χ1v) is 8.40. The molecule has 3 rings (SSSR count). The van der Waals surface area contributed by atoms with E-state index in [1.165, 1.54) is 17.0 Å². The molecule has 0 radical (unpaired) electrons. The number of carbonyl (C=O) groups is 3. The van der Waals surface area contributed by atoms with E-state index < -0.39 is 11.7 Å². The Morgan fingerprint density at radius 1 is 1.20 bits per heavy atom. The Balaban J connectivity index is 1.58.